The van der Waals surface area contributed by atoms with Crippen molar-refractivity contribution in [2.24, 2.45) is 0 Å². The Kier molecular flexibility index (Phi) is 55.0. The summed E-state index contributed by atoms with van der Waals surface area (Å²) in [5.41, 5.74) is 0. The van der Waals surface area contributed by atoms with Crippen LogP contribution in [-0.4, -0.2) is 47.4 Å². The molecule has 0 aromatic carbocycles. The van der Waals surface area contributed by atoms with E-state index in [0.29, 0.717) is 25.9 Å². The quantitative estimate of drug-likeness (QED) is 0.0321. The molecule has 1 amide bonds. The van der Waals surface area contributed by atoms with Crippen LogP contribution in [0.1, 0.15) is 335 Å². The lowest BCUT2D eigenvalue weighted by Gasteiger charge is -2.22. The molecule has 0 fully saturated rings. The Labute approximate surface area is 412 Å². The van der Waals surface area contributed by atoms with Crippen molar-refractivity contribution in [2.75, 3.05) is 13.2 Å². The first-order valence-electron chi connectivity index (χ1n) is 29.9. The molecule has 6 nitrogen and oxygen atoms in total. The van der Waals surface area contributed by atoms with Gasteiger partial charge in [-0.2, -0.15) is 0 Å². The lowest BCUT2D eigenvalue weighted by Crippen LogP contribution is -2.45. The summed E-state index contributed by atoms with van der Waals surface area (Å²) in [6, 6.07) is -0.548. The third kappa shape index (κ3) is 52.0. The topological polar surface area (TPSA) is 95.9 Å². The summed E-state index contributed by atoms with van der Waals surface area (Å²) in [5, 5.41) is 23.3. The molecule has 3 N–H and O–H groups in total. The zero-order valence-electron chi connectivity index (χ0n) is 44.7. The van der Waals surface area contributed by atoms with E-state index >= 15 is 0 Å². The number of carbonyl (C=O) groups is 2. The maximum Gasteiger partial charge on any atom is 0.305 e. The van der Waals surface area contributed by atoms with Crippen LogP contribution in [0.15, 0.2) is 12.2 Å². The Hall–Kier alpha value is -1.40. The standard InChI is InChI=1S/C60H117NO5/c1-3-5-7-9-11-13-15-17-19-25-28-32-36-40-44-48-52-58(63)57(56-62)61-59(64)53-49-45-41-37-33-29-26-23-21-20-22-24-27-31-35-39-43-47-51-55-66-60(65)54-50-46-42-38-34-30-18-16-14-12-10-8-6-4-2/h20-21,57-58,62-63H,3-19,22-56H2,1-2H3,(H,61,64)/b21-20-. The van der Waals surface area contributed by atoms with Crippen molar-refractivity contribution in [1.29, 1.82) is 0 Å². The number of hydrogen-bond donors (Lipinski definition) is 3. The van der Waals surface area contributed by atoms with Gasteiger partial charge in [0, 0.05) is 12.8 Å². The summed E-state index contributed by atoms with van der Waals surface area (Å²) in [6.07, 6.45) is 66.3. The Bertz CT molecular complexity index is 986. The first kappa shape index (κ1) is 64.6. The van der Waals surface area contributed by atoms with E-state index in [1.807, 2.05) is 0 Å². The minimum absolute atomic E-state index is 0.00687. The Morgan fingerprint density at radius 1 is 0.409 bits per heavy atom. The Balaban J connectivity index is 3.43. The molecule has 0 bridgehead atoms. The molecule has 0 heterocycles. The van der Waals surface area contributed by atoms with Gasteiger partial charge in [-0.3, -0.25) is 9.59 Å². The molecule has 6 heteroatoms. The van der Waals surface area contributed by atoms with Crippen molar-refractivity contribution in [2.45, 2.75) is 347 Å². The molecular formula is C60H117NO5. The van der Waals surface area contributed by atoms with Gasteiger partial charge in [-0.15, -0.1) is 0 Å². The molecule has 0 saturated carbocycles. The van der Waals surface area contributed by atoms with Crippen molar-refractivity contribution in [1.82, 2.24) is 5.32 Å². The molecule has 0 aliphatic rings. The average Bonchev–Trinajstić information content (AvgIpc) is 3.32. The summed E-state index contributed by atoms with van der Waals surface area (Å²) in [7, 11) is 0. The van der Waals surface area contributed by atoms with Crippen LogP contribution in [0.25, 0.3) is 0 Å². The van der Waals surface area contributed by atoms with Crippen molar-refractivity contribution in [3.63, 3.8) is 0 Å². The largest absolute Gasteiger partial charge is 0.466 e. The molecule has 0 rings (SSSR count). The normalized spacial score (nSPS) is 12.6. The molecule has 0 saturated heterocycles. The monoisotopic (exact) mass is 932 g/mol. The molecule has 0 aliphatic heterocycles. The molecule has 0 aliphatic carbocycles. The van der Waals surface area contributed by atoms with Gasteiger partial charge in [0.1, 0.15) is 0 Å². The summed E-state index contributed by atoms with van der Waals surface area (Å²) in [4.78, 5) is 24.5. The van der Waals surface area contributed by atoms with E-state index in [1.54, 1.807) is 0 Å². The number of unbranched alkanes of at least 4 members (excludes halogenated alkanes) is 43. The zero-order valence-corrected chi connectivity index (χ0v) is 44.7. The highest BCUT2D eigenvalue weighted by molar-refractivity contribution is 5.76. The summed E-state index contributed by atoms with van der Waals surface area (Å²) in [6.45, 7) is 4.96. The summed E-state index contributed by atoms with van der Waals surface area (Å²) in [5.74, 6) is -0.0352. The number of ether oxygens (including phenoxy) is 1. The molecular weight excluding hydrogens is 815 g/mol. The summed E-state index contributed by atoms with van der Waals surface area (Å²) >= 11 is 0. The Morgan fingerprint density at radius 3 is 1.08 bits per heavy atom. The fourth-order valence-electron chi connectivity index (χ4n) is 9.46. The molecule has 392 valence electrons. The predicted octanol–water partition coefficient (Wildman–Crippen LogP) is 18.5. The number of aliphatic hydroxyl groups is 2. The van der Waals surface area contributed by atoms with Gasteiger partial charge in [-0.05, 0) is 51.4 Å². The Morgan fingerprint density at radius 2 is 0.712 bits per heavy atom. The molecule has 0 spiro atoms. The number of allylic oxidation sites excluding steroid dienone is 2. The third-order valence-electron chi connectivity index (χ3n) is 14.1. The van der Waals surface area contributed by atoms with Crippen LogP contribution >= 0.6 is 0 Å². The van der Waals surface area contributed by atoms with E-state index in [4.69, 9.17) is 4.74 Å². The molecule has 2 atom stereocenters. The lowest BCUT2D eigenvalue weighted by atomic mass is 10.0. The first-order chi connectivity index (χ1) is 32.5. The van der Waals surface area contributed by atoms with E-state index in [2.05, 4.69) is 31.3 Å². The van der Waals surface area contributed by atoms with E-state index in [-0.39, 0.29) is 18.5 Å². The highest BCUT2D eigenvalue weighted by atomic mass is 16.5. The van der Waals surface area contributed by atoms with E-state index < -0.39 is 12.1 Å². The maximum atomic E-state index is 12.5. The number of amides is 1. The van der Waals surface area contributed by atoms with Crippen LogP contribution < -0.4 is 5.32 Å². The first-order valence-corrected chi connectivity index (χ1v) is 29.9. The van der Waals surface area contributed by atoms with Crippen LogP contribution in [0.4, 0.5) is 0 Å². The highest BCUT2D eigenvalue weighted by Gasteiger charge is 2.20. The van der Waals surface area contributed by atoms with Crippen LogP contribution in [0.5, 0.6) is 0 Å². The summed E-state index contributed by atoms with van der Waals surface area (Å²) < 4.78 is 5.48. The van der Waals surface area contributed by atoms with Gasteiger partial charge in [-0.1, -0.05) is 283 Å². The molecule has 0 aromatic heterocycles. The van der Waals surface area contributed by atoms with Crippen LogP contribution in [0.3, 0.4) is 0 Å². The van der Waals surface area contributed by atoms with Gasteiger partial charge >= 0.3 is 5.97 Å². The highest BCUT2D eigenvalue weighted by Crippen LogP contribution is 2.18. The molecule has 66 heavy (non-hydrogen) atoms. The molecule has 0 aromatic rings. The van der Waals surface area contributed by atoms with Gasteiger partial charge in [0.05, 0.1) is 25.4 Å². The second-order valence-electron chi connectivity index (χ2n) is 20.7. The van der Waals surface area contributed by atoms with Gasteiger partial charge in [0.25, 0.3) is 0 Å². The van der Waals surface area contributed by atoms with E-state index in [1.165, 1.54) is 263 Å². The van der Waals surface area contributed by atoms with Crippen molar-refractivity contribution in [3.05, 3.63) is 12.2 Å². The second-order valence-corrected chi connectivity index (χ2v) is 20.7. The molecule has 0 radical (unpaired) electrons. The fraction of sp³-hybridized carbons (Fsp3) is 0.933. The minimum Gasteiger partial charge on any atom is -0.466 e. The number of carbonyl (C=O) groups excluding carboxylic acids is 2. The van der Waals surface area contributed by atoms with Gasteiger partial charge in [-0.25, -0.2) is 0 Å². The van der Waals surface area contributed by atoms with Crippen molar-refractivity contribution < 1.29 is 24.5 Å². The zero-order chi connectivity index (χ0) is 47.9. The smallest absolute Gasteiger partial charge is 0.305 e. The number of hydrogen-bond acceptors (Lipinski definition) is 5. The SMILES string of the molecule is CCCCCCCCCCCCCCCCCCC(O)C(CO)NC(=O)CCCCCCCCC/C=C\CCCCCCCCCCOC(=O)CCCCCCCCCCCCCCCC. The van der Waals surface area contributed by atoms with Crippen LogP contribution in [0, 0.1) is 0 Å². The number of rotatable bonds is 56. The minimum atomic E-state index is -0.669. The van der Waals surface area contributed by atoms with Crippen molar-refractivity contribution in [3.8, 4) is 0 Å². The van der Waals surface area contributed by atoms with Crippen LogP contribution in [-0.2, 0) is 14.3 Å². The van der Waals surface area contributed by atoms with Crippen LogP contribution in [0.2, 0.25) is 0 Å². The predicted molar refractivity (Wildman–Crippen MR) is 287 cm³/mol. The number of aliphatic hydroxyl groups excluding tert-OH is 2. The maximum absolute atomic E-state index is 12.5. The molecule has 2 unspecified atom stereocenters. The average molecular weight is 933 g/mol. The van der Waals surface area contributed by atoms with E-state index in [0.717, 1.165) is 38.5 Å². The second kappa shape index (κ2) is 56.2. The van der Waals surface area contributed by atoms with Gasteiger partial charge in [0.2, 0.25) is 5.91 Å². The number of esters is 1. The number of nitrogens with one attached hydrogen (secondary N) is 1. The lowest BCUT2D eigenvalue weighted by molar-refractivity contribution is -0.143. The van der Waals surface area contributed by atoms with Crippen molar-refractivity contribution >= 4 is 11.9 Å². The van der Waals surface area contributed by atoms with E-state index in [9.17, 15) is 19.8 Å². The third-order valence-corrected chi connectivity index (χ3v) is 14.1. The fourth-order valence-corrected chi connectivity index (χ4v) is 9.46. The van der Waals surface area contributed by atoms with Gasteiger partial charge in [0.15, 0.2) is 0 Å². The van der Waals surface area contributed by atoms with Gasteiger partial charge < -0.3 is 20.3 Å².